The molecule has 1 fully saturated rings. The van der Waals surface area contributed by atoms with Gasteiger partial charge in [0.05, 0.1) is 11.2 Å². The van der Waals surface area contributed by atoms with Crippen LogP contribution < -0.4 is 5.32 Å². The number of hydrogen-bond acceptors (Lipinski definition) is 4. The van der Waals surface area contributed by atoms with E-state index in [2.05, 4.69) is 15.4 Å². The lowest BCUT2D eigenvalue weighted by Crippen LogP contribution is -2.44. The topological polar surface area (TPSA) is 80.1 Å². The van der Waals surface area contributed by atoms with Gasteiger partial charge in [-0.05, 0) is 42.9 Å². The van der Waals surface area contributed by atoms with Crippen molar-refractivity contribution >= 4 is 29.2 Å². The van der Waals surface area contributed by atoms with E-state index in [0.717, 1.165) is 12.8 Å². The summed E-state index contributed by atoms with van der Waals surface area (Å²) in [4.78, 5) is 30.2. The zero-order chi connectivity index (χ0) is 18.0. The molecule has 0 aliphatic carbocycles. The number of rotatable bonds is 2. The van der Waals surface area contributed by atoms with Gasteiger partial charge in [-0.15, -0.1) is 0 Å². The summed E-state index contributed by atoms with van der Waals surface area (Å²) in [5.74, 6) is -0.465. The van der Waals surface area contributed by atoms with Gasteiger partial charge in [0.15, 0.2) is 0 Å². The van der Waals surface area contributed by atoms with Crippen LogP contribution in [0.1, 0.15) is 29.9 Å². The Bertz CT molecular complexity index is 796. The fraction of sp³-hybridized carbons (Fsp3) is 0.412. The van der Waals surface area contributed by atoms with E-state index in [1.165, 1.54) is 11.8 Å². The second-order valence-electron chi connectivity index (χ2n) is 6.29. The van der Waals surface area contributed by atoms with E-state index in [4.69, 9.17) is 11.6 Å². The molecule has 0 bridgehead atoms. The Balaban J connectivity index is 1.57. The van der Waals surface area contributed by atoms with Gasteiger partial charge in [-0.3, -0.25) is 14.3 Å². The number of nitrogens with zero attached hydrogens (tertiary/aromatic N) is 4. The Morgan fingerprint density at radius 3 is 2.60 bits per heavy atom. The van der Waals surface area contributed by atoms with E-state index in [1.807, 2.05) is 19.4 Å². The highest BCUT2D eigenvalue weighted by molar-refractivity contribution is 6.39. The summed E-state index contributed by atoms with van der Waals surface area (Å²) in [6, 6.07) is 1.69. The zero-order valence-corrected chi connectivity index (χ0v) is 15.0. The number of likely N-dealkylation sites (tertiary alicyclic amines) is 1. The van der Waals surface area contributed by atoms with Crippen LogP contribution in [0, 0.1) is 6.92 Å². The lowest BCUT2D eigenvalue weighted by Gasteiger charge is -2.31. The van der Waals surface area contributed by atoms with E-state index >= 15 is 0 Å². The second kappa shape index (κ2) is 7.23. The lowest BCUT2D eigenvalue weighted by atomic mass is 9.91. The van der Waals surface area contributed by atoms with Crippen molar-refractivity contribution in [2.45, 2.75) is 25.7 Å². The minimum absolute atomic E-state index is 0.355. The van der Waals surface area contributed by atoms with Crippen LogP contribution >= 0.6 is 11.6 Å². The number of pyridine rings is 1. The number of hydrogen-bond donors (Lipinski definition) is 1. The van der Waals surface area contributed by atoms with Crippen molar-refractivity contribution in [3.8, 4) is 0 Å². The molecule has 0 spiro atoms. The predicted molar refractivity (Wildman–Crippen MR) is 94.4 cm³/mol. The highest BCUT2D eigenvalue weighted by Gasteiger charge is 2.28. The van der Waals surface area contributed by atoms with Crippen molar-refractivity contribution in [1.29, 1.82) is 0 Å². The first-order valence-corrected chi connectivity index (χ1v) is 8.53. The molecule has 1 aliphatic rings. The average Bonchev–Trinajstić information content (AvgIpc) is 3.03. The molecule has 132 valence electrons. The minimum atomic E-state index is -0.669. The molecule has 2 amide bonds. The van der Waals surface area contributed by atoms with Gasteiger partial charge in [0.1, 0.15) is 5.82 Å². The number of aromatic nitrogens is 3. The number of halogens is 1. The molecule has 0 aromatic carbocycles. The number of piperidine rings is 1. The summed E-state index contributed by atoms with van der Waals surface area (Å²) >= 11 is 5.85. The lowest BCUT2D eigenvalue weighted by molar-refractivity contribution is -0.143. The first kappa shape index (κ1) is 17.4. The van der Waals surface area contributed by atoms with E-state index in [1.54, 1.807) is 22.6 Å². The van der Waals surface area contributed by atoms with E-state index in [0.29, 0.717) is 35.4 Å². The van der Waals surface area contributed by atoms with Gasteiger partial charge in [0, 0.05) is 32.5 Å². The van der Waals surface area contributed by atoms with Crippen LogP contribution in [0.15, 0.2) is 24.7 Å². The molecule has 0 unspecified atom stereocenters. The summed E-state index contributed by atoms with van der Waals surface area (Å²) in [5, 5.41) is 7.24. The van der Waals surface area contributed by atoms with Gasteiger partial charge in [-0.2, -0.15) is 5.10 Å². The Labute approximate surface area is 151 Å². The Morgan fingerprint density at radius 1 is 1.28 bits per heavy atom. The van der Waals surface area contributed by atoms with Crippen LogP contribution in [0.2, 0.25) is 5.02 Å². The van der Waals surface area contributed by atoms with Crippen molar-refractivity contribution in [2.75, 3.05) is 18.4 Å². The third kappa shape index (κ3) is 3.99. The van der Waals surface area contributed by atoms with Gasteiger partial charge in [0.25, 0.3) is 0 Å². The SMILES string of the molecule is Cc1cc(Cl)cnc1NC(=O)C(=O)N1CCC(c2cnn(C)c2)CC1. The molecule has 3 heterocycles. The Hall–Kier alpha value is -2.41. The molecule has 1 saturated heterocycles. The highest BCUT2D eigenvalue weighted by atomic mass is 35.5. The smallest absolute Gasteiger partial charge is 0.315 e. The van der Waals surface area contributed by atoms with Gasteiger partial charge in [-0.1, -0.05) is 11.6 Å². The number of carbonyl (C=O) groups is 2. The number of nitrogens with one attached hydrogen (secondary N) is 1. The van der Waals surface area contributed by atoms with E-state index in [9.17, 15) is 9.59 Å². The van der Waals surface area contributed by atoms with Crippen LogP contribution in [-0.2, 0) is 16.6 Å². The summed E-state index contributed by atoms with van der Waals surface area (Å²) < 4.78 is 1.78. The molecule has 1 N–H and O–H groups in total. The predicted octanol–water partition coefficient (Wildman–Crippen LogP) is 2.12. The maximum Gasteiger partial charge on any atom is 0.315 e. The van der Waals surface area contributed by atoms with Gasteiger partial charge in [0.2, 0.25) is 0 Å². The fourth-order valence-corrected chi connectivity index (χ4v) is 3.26. The molecule has 2 aromatic heterocycles. The van der Waals surface area contributed by atoms with Crippen molar-refractivity contribution in [1.82, 2.24) is 19.7 Å². The maximum atomic E-state index is 12.4. The number of carbonyl (C=O) groups excluding carboxylic acids is 2. The van der Waals surface area contributed by atoms with Crippen molar-refractivity contribution in [2.24, 2.45) is 7.05 Å². The molecule has 2 aromatic rings. The molecule has 0 radical (unpaired) electrons. The van der Waals surface area contributed by atoms with Crippen molar-refractivity contribution in [3.05, 3.63) is 40.8 Å². The van der Waals surface area contributed by atoms with Crippen molar-refractivity contribution < 1.29 is 9.59 Å². The highest BCUT2D eigenvalue weighted by Crippen LogP contribution is 2.27. The summed E-state index contributed by atoms with van der Waals surface area (Å²) in [6.45, 7) is 2.88. The second-order valence-corrected chi connectivity index (χ2v) is 6.72. The normalized spacial score (nSPS) is 15.2. The number of aryl methyl sites for hydroxylation is 2. The molecule has 3 rings (SSSR count). The Kier molecular flexibility index (Phi) is 5.03. The molecule has 1 aliphatic heterocycles. The van der Waals surface area contributed by atoms with Crippen LogP contribution in [0.3, 0.4) is 0 Å². The van der Waals surface area contributed by atoms with Crippen LogP contribution in [0.5, 0.6) is 0 Å². The standard InChI is InChI=1S/C17H20ClN5O2/c1-11-7-14(18)9-19-15(11)21-16(24)17(25)23-5-3-12(4-6-23)13-8-20-22(2)10-13/h7-10,12H,3-6H2,1-2H3,(H,19,21,24). The van der Waals surface area contributed by atoms with E-state index < -0.39 is 11.8 Å². The molecular weight excluding hydrogens is 342 g/mol. The fourth-order valence-electron chi connectivity index (χ4n) is 3.04. The number of amides is 2. The van der Waals surface area contributed by atoms with Gasteiger partial charge >= 0.3 is 11.8 Å². The summed E-state index contributed by atoms with van der Waals surface area (Å²) in [6.07, 6.45) is 6.95. The number of anilines is 1. The first-order chi connectivity index (χ1) is 11.9. The van der Waals surface area contributed by atoms with Gasteiger partial charge < -0.3 is 10.2 Å². The quantitative estimate of drug-likeness (QED) is 0.831. The minimum Gasteiger partial charge on any atom is -0.334 e. The summed E-state index contributed by atoms with van der Waals surface area (Å²) in [5.41, 5.74) is 1.89. The molecule has 8 heteroatoms. The largest absolute Gasteiger partial charge is 0.334 e. The summed E-state index contributed by atoms with van der Waals surface area (Å²) in [7, 11) is 1.89. The monoisotopic (exact) mass is 361 g/mol. The molecular formula is C17H20ClN5O2. The average molecular weight is 362 g/mol. The van der Waals surface area contributed by atoms with E-state index in [-0.39, 0.29) is 0 Å². The van der Waals surface area contributed by atoms with Crippen molar-refractivity contribution in [3.63, 3.8) is 0 Å². The Morgan fingerprint density at radius 2 is 2.00 bits per heavy atom. The third-order valence-corrected chi connectivity index (χ3v) is 4.66. The third-order valence-electron chi connectivity index (χ3n) is 4.45. The molecule has 25 heavy (non-hydrogen) atoms. The molecule has 0 saturated carbocycles. The zero-order valence-electron chi connectivity index (χ0n) is 14.2. The van der Waals surface area contributed by atoms with Crippen LogP contribution in [-0.4, -0.2) is 44.6 Å². The van der Waals surface area contributed by atoms with Gasteiger partial charge in [-0.25, -0.2) is 4.98 Å². The molecule has 7 nitrogen and oxygen atoms in total. The van der Waals surface area contributed by atoms with Crippen LogP contribution in [0.4, 0.5) is 5.82 Å². The van der Waals surface area contributed by atoms with Crippen LogP contribution in [0.25, 0.3) is 0 Å². The molecule has 0 atom stereocenters. The maximum absolute atomic E-state index is 12.4. The first-order valence-electron chi connectivity index (χ1n) is 8.15.